The van der Waals surface area contributed by atoms with Crippen LogP contribution in [0.5, 0.6) is 0 Å². The summed E-state index contributed by atoms with van der Waals surface area (Å²) in [7, 11) is 0. The van der Waals surface area contributed by atoms with E-state index in [9.17, 15) is 4.79 Å². The van der Waals surface area contributed by atoms with Crippen molar-refractivity contribution in [2.75, 3.05) is 6.54 Å². The highest BCUT2D eigenvalue weighted by Gasteiger charge is 2.13. The fourth-order valence-corrected chi connectivity index (χ4v) is 3.12. The van der Waals surface area contributed by atoms with Gasteiger partial charge in [-0.3, -0.25) is 10.0 Å². The second-order valence-electron chi connectivity index (χ2n) is 6.56. The van der Waals surface area contributed by atoms with Crippen LogP contribution in [0.25, 0.3) is 6.08 Å². The lowest BCUT2D eigenvalue weighted by molar-refractivity contribution is -0.124. The molecule has 0 bridgehead atoms. The molecule has 3 aromatic carbocycles. The van der Waals surface area contributed by atoms with E-state index in [0.29, 0.717) is 5.92 Å². The smallest absolute Gasteiger partial charge is 0.267 e. The summed E-state index contributed by atoms with van der Waals surface area (Å²) in [5.41, 5.74) is 6.24. The molecule has 4 heteroatoms. The van der Waals surface area contributed by atoms with Crippen LogP contribution in [0.15, 0.2) is 91.0 Å². The molecule has 0 atom stereocenters. The fraction of sp³-hybridized carbons (Fsp3) is 0.125. The van der Waals surface area contributed by atoms with Gasteiger partial charge in [0, 0.05) is 25.1 Å². The van der Waals surface area contributed by atoms with Crippen LogP contribution < -0.4 is 10.8 Å². The Bertz CT molecular complexity index is 851. The van der Waals surface area contributed by atoms with Gasteiger partial charge in [-0.05, 0) is 28.3 Å². The minimum absolute atomic E-state index is 0.293. The number of nitrogens with one attached hydrogen (secondary N) is 2. The average molecular weight is 372 g/mol. The number of hydrogen-bond acceptors (Lipinski definition) is 3. The van der Waals surface area contributed by atoms with E-state index in [-0.39, 0.29) is 0 Å². The largest absolute Gasteiger partial charge is 0.312 e. The summed E-state index contributed by atoms with van der Waals surface area (Å²) < 4.78 is 0. The van der Waals surface area contributed by atoms with Gasteiger partial charge in [-0.1, -0.05) is 84.9 Å². The lowest BCUT2D eigenvalue weighted by atomic mass is 9.91. The molecule has 0 heterocycles. The molecule has 0 fully saturated rings. The minimum Gasteiger partial charge on any atom is -0.312 e. The highest BCUT2D eigenvalue weighted by atomic mass is 16.5. The van der Waals surface area contributed by atoms with Crippen molar-refractivity contribution in [3.8, 4) is 0 Å². The first-order valence-corrected chi connectivity index (χ1v) is 9.28. The van der Waals surface area contributed by atoms with Crippen molar-refractivity contribution in [1.82, 2.24) is 10.8 Å². The Morgan fingerprint density at radius 1 is 0.857 bits per heavy atom. The highest BCUT2D eigenvalue weighted by Crippen LogP contribution is 2.23. The van der Waals surface area contributed by atoms with Crippen molar-refractivity contribution in [3.63, 3.8) is 0 Å². The van der Waals surface area contributed by atoms with E-state index in [1.54, 1.807) is 11.6 Å². The molecule has 0 aromatic heterocycles. The maximum Gasteiger partial charge on any atom is 0.267 e. The molecule has 3 N–H and O–H groups in total. The van der Waals surface area contributed by atoms with Crippen LogP contribution in [-0.2, 0) is 11.3 Å². The Kier molecular flexibility index (Phi) is 7.13. The van der Waals surface area contributed by atoms with E-state index in [1.807, 2.05) is 36.4 Å². The van der Waals surface area contributed by atoms with Crippen LogP contribution in [-0.4, -0.2) is 17.7 Å². The first-order valence-electron chi connectivity index (χ1n) is 9.28. The molecule has 0 spiro atoms. The highest BCUT2D eigenvalue weighted by molar-refractivity contribution is 5.90. The van der Waals surface area contributed by atoms with Gasteiger partial charge in [0.2, 0.25) is 0 Å². The molecule has 0 aliphatic rings. The standard InChI is InChI=1S/C24H24N2O2/c27-24(26-28)16-15-19-11-13-20(14-12-19)17-25-18-23(21-7-3-1-4-8-21)22-9-5-2-6-10-22/h1-16,23,25,28H,17-18H2,(H,26,27)/b16-15+. The molecule has 0 unspecified atom stereocenters. The number of amides is 1. The summed E-state index contributed by atoms with van der Waals surface area (Å²) in [6, 6.07) is 29.0. The van der Waals surface area contributed by atoms with Crippen molar-refractivity contribution in [2.24, 2.45) is 0 Å². The van der Waals surface area contributed by atoms with Gasteiger partial charge in [0.15, 0.2) is 0 Å². The molecule has 0 saturated carbocycles. The summed E-state index contributed by atoms with van der Waals surface area (Å²) in [5, 5.41) is 12.1. The first-order chi connectivity index (χ1) is 13.8. The van der Waals surface area contributed by atoms with Gasteiger partial charge < -0.3 is 5.32 Å². The zero-order valence-corrected chi connectivity index (χ0v) is 15.6. The molecule has 142 valence electrons. The summed E-state index contributed by atoms with van der Waals surface area (Å²) in [6.07, 6.45) is 2.95. The number of carbonyl (C=O) groups excluding carboxylic acids is 1. The number of hydrogen-bond donors (Lipinski definition) is 3. The van der Waals surface area contributed by atoms with Crippen LogP contribution >= 0.6 is 0 Å². The normalized spacial score (nSPS) is 11.1. The molecule has 4 nitrogen and oxygen atoms in total. The minimum atomic E-state index is -0.543. The first kappa shape index (κ1) is 19.5. The Hall–Kier alpha value is -3.21. The molecule has 3 rings (SSSR count). The zero-order valence-electron chi connectivity index (χ0n) is 15.6. The van der Waals surface area contributed by atoms with E-state index in [0.717, 1.165) is 18.7 Å². The topological polar surface area (TPSA) is 61.4 Å². The second kappa shape index (κ2) is 10.2. The van der Waals surface area contributed by atoms with Gasteiger partial charge in [-0.25, -0.2) is 5.48 Å². The van der Waals surface area contributed by atoms with Crippen LogP contribution in [0.4, 0.5) is 0 Å². The van der Waals surface area contributed by atoms with E-state index >= 15 is 0 Å². The third kappa shape index (κ3) is 5.64. The lowest BCUT2D eigenvalue weighted by Crippen LogP contribution is -2.22. The van der Waals surface area contributed by atoms with Crippen LogP contribution in [0.2, 0.25) is 0 Å². The number of carbonyl (C=O) groups is 1. The molecule has 1 amide bonds. The Morgan fingerprint density at radius 2 is 1.43 bits per heavy atom. The predicted octanol–water partition coefficient (Wildman–Crippen LogP) is 4.13. The van der Waals surface area contributed by atoms with Gasteiger partial charge in [0.1, 0.15) is 0 Å². The molecule has 0 aliphatic carbocycles. The molecule has 0 aliphatic heterocycles. The monoisotopic (exact) mass is 372 g/mol. The third-order valence-electron chi connectivity index (χ3n) is 4.60. The van der Waals surface area contributed by atoms with Crippen molar-refractivity contribution >= 4 is 12.0 Å². The van der Waals surface area contributed by atoms with E-state index < -0.39 is 5.91 Å². The molecular weight excluding hydrogens is 348 g/mol. The number of benzene rings is 3. The average Bonchev–Trinajstić information content (AvgIpc) is 2.77. The fourth-order valence-electron chi connectivity index (χ4n) is 3.12. The molecule has 28 heavy (non-hydrogen) atoms. The predicted molar refractivity (Wildman–Crippen MR) is 112 cm³/mol. The van der Waals surface area contributed by atoms with Crippen LogP contribution in [0.3, 0.4) is 0 Å². The van der Waals surface area contributed by atoms with Crippen molar-refractivity contribution in [3.05, 3.63) is 113 Å². The zero-order chi connectivity index (χ0) is 19.6. The quantitative estimate of drug-likeness (QED) is 0.317. The SMILES string of the molecule is O=C(/C=C/c1ccc(CNCC(c2ccccc2)c2ccccc2)cc1)NO. The van der Waals surface area contributed by atoms with Gasteiger partial charge in [-0.2, -0.15) is 0 Å². The molecule has 0 radical (unpaired) electrons. The van der Waals surface area contributed by atoms with Crippen molar-refractivity contribution < 1.29 is 10.0 Å². The maximum atomic E-state index is 11.0. The Labute approximate surface area is 165 Å². The van der Waals surface area contributed by atoms with Crippen molar-refractivity contribution in [1.29, 1.82) is 0 Å². The van der Waals surface area contributed by atoms with Gasteiger partial charge in [-0.15, -0.1) is 0 Å². The lowest BCUT2D eigenvalue weighted by Gasteiger charge is -2.19. The molecular formula is C24H24N2O2. The molecule has 3 aromatic rings. The van der Waals surface area contributed by atoms with Crippen LogP contribution in [0.1, 0.15) is 28.2 Å². The third-order valence-corrected chi connectivity index (χ3v) is 4.60. The van der Waals surface area contributed by atoms with Crippen LogP contribution in [0, 0.1) is 0 Å². The Balaban J connectivity index is 1.61. The summed E-state index contributed by atoms with van der Waals surface area (Å²) >= 11 is 0. The molecule has 0 saturated heterocycles. The van der Waals surface area contributed by atoms with Gasteiger partial charge in [0.25, 0.3) is 5.91 Å². The Morgan fingerprint density at radius 3 is 1.96 bits per heavy atom. The second-order valence-corrected chi connectivity index (χ2v) is 6.56. The maximum absolute atomic E-state index is 11.0. The summed E-state index contributed by atoms with van der Waals surface area (Å²) in [4.78, 5) is 11.0. The van der Waals surface area contributed by atoms with Crippen molar-refractivity contribution in [2.45, 2.75) is 12.5 Å². The number of rotatable bonds is 8. The van der Waals surface area contributed by atoms with Gasteiger partial charge in [0.05, 0.1) is 0 Å². The van der Waals surface area contributed by atoms with Gasteiger partial charge >= 0.3 is 0 Å². The summed E-state index contributed by atoms with van der Waals surface area (Å²) in [5.74, 6) is -0.250. The van der Waals surface area contributed by atoms with E-state index in [4.69, 9.17) is 5.21 Å². The van der Waals surface area contributed by atoms with E-state index in [1.165, 1.54) is 22.8 Å². The summed E-state index contributed by atoms with van der Waals surface area (Å²) in [6.45, 7) is 1.60. The number of hydroxylamine groups is 1. The van der Waals surface area contributed by atoms with E-state index in [2.05, 4.69) is 53.8 Å².